The lowest BCUT2D eigenvalue weighted by molar-refractivity contribution is 0.622. The zero-order valence-corrected chi connectivity index (χ0v) is 15.4. The van der Waals surface area contributed by atoms with Crippen LogP contribution in [0.3, 0.4) is 0 Å². The third-order valence-corrected chi connectivity index (χ3v) is 5.98. The standard InChI is InChI=1S/C21H17FN4S/c22-16-9-15(11-23-13-16)17-4-5-19-18(25-17)10-20(27-19)14-3-6-21(24-12-14)26-7-1-2-8-26/h3-6,9-13H,1-2,7-8H2. The van der Waals surface area contributed by atoms with E-state index < -0.39 is 0 Å². The summed E-state index contributed by atoms with van der Waals surface area (Å²) in [6.45, 7) is 2.19. The Hall–Kier alpha value is -2.86. The van der Waals surface area contributed by atoms with Crippen LogP contribution in [-0.4, -0.2) is 28.0 Å². The summed E-state index contributed by atoms with van der Waals surface area (Å²) in [5.41, 5.74) is 3.40. The first kappa shape index (κ1) is 16.3. The van der Waals surface area contributed by atoms with E-state index in [4.69, 9.17) is 0 Å². The Balaban J connectivity index is 1.47. The highest BCUT2D eigenvalue weighted by Crippen LogP contribution is 2.34. The van der Waals surface area contributed by atoms with Gasteiger partial charge in [-0.1, -0.05) is 0 Å². The molecule has 1 fully saturated rings. The van der Waals surface area contributed by atoms with Crippen molar-refractivity contribution < 1.29 is 4.39 Å². The van der Waals surface area contributed by atoms with Crippen molar-refractivity contribution in [3.05, 3.63) is 60.8 Å². The average molecular weight is 376 g/mol. The summed E-state index contributed by atoms with van der Waals surface area (Å²) in [6, 6.07) is 11.7. The van der Waals surface area contributed by atoms with Crippen LogP contribution in [0.4, 0.5) is 10.2 Å². The van der Waals surface area contributed by atoms with E-state index >= 15 is 0 Å². The Morgan fingerprint density at radius 2 is 1.81 bits per heavy atom. The van der Waals surface area contributed by atoms with E-state index in [-0.39, 0.29) is 5.82 Å². The van der Waals surface area contributed by atoms with Gasteiger partial charge in [0.1, 0.15) is 11.6 Å². The summed E-state index contributed by atoms with van der Waals surface area (Å²) in [5, 5.41) is 0. The van der Waals surface area contributed by atoms with E-state index in [0.29, 0.717) is 5.56 Å². The molecule has 0 spiro atoms. The summed E-state index contributed by atoms with van der Waals surface area (Å²) in [4.78, 5) is 16.7. The quantitative estimate of drug-likeness (QED) is 0.495. The first-order valence-electron chi connectivity index (χ1n) is 8.99. The molecule has 1 aliphatic heterocycles. The largest absolute Gasteiger partial charge is 0.357 e. The lowest BCUT2D eigenvalue weighted by Gasteiger charge is -2.15. The minimum atomic E-state index is -0.357. The van der Waals surface area contributed by atoms with Gasteiger partial charge in [-0.05, 0) is 49.2 Å². The van der Waals surface area contributed by atoms with Gasteiger partial charge in [0.05, 0.1) is 22.1 Å². The van der Waals surface area contributed by atoms with Crippen LogP contribution in [0.1, 0.15) is 12.8 Å². The Morgan fingerprint density at radius 3 is 2.59 bits per heavy atom. The van der Waals surface area contributed by atoms with E-state index in [1.54, 1.807) is 17.5 Å². The molecule has 0 amide bonds. The van der Waals surface area contributed by atoms with Crippen LogP contribution in [-0.2, 0) is 0 Å². The molecule has 0 atom stereocenters. The monoisotopic (exact) mass is 376 g/mol. The summed E-state index contributed by atoms with van der Waals surface area (Å²) in [7, 11) is 0. The molecule has 0 aromatic carbocycles. The fraction of sp³-hybridized carbons (Fsp3) is 0.190. The molecular weight excluding hydrogens is 359 g/mol. The molecule has 5 heterocycles. The number of pyridine rings is 3. The second kappa shape index (κ2) is 6.70. The molecule has 134 valence electrons. The van der Waals surface area contributed by atoms with Crippen molar-refractivity contribution in [1.29, 1.82) is 0 Å². The normalized spacial score (nSPS) is 14.2. The van der Waals surface area contributed by atoms with Crippen molar-refractivity contribution in [2.75, 3.05) is 18.0 Å². The highest BCUT2D eigenvalue weighted by Gasteiger charge is 2.14. The molecule has 0 saturated carbocycles. The van der Waals surface area contributed by atoms with Gasteiger partial charge in [-0.15, -0.1) is 11.3 Å². The molecule has 0 radical (unpaired) electrons. The third-order valence-electron chi connectivity index (χ3n) is 4.84. The van der Waals surface area contributed by atoms with Crippen LogP contribution in [0.2, 0.25) is 0 Å². The Bertz CT molecular complexity index is 1100. The lowest BCUT2D eigenvalue weighted by Crippen LogP contribution is -2.18. The summed E-state index contributed by atoms with van der Waals surface area (Å²) < 4.78 is 14.5. The molecule has 4 nitrogen and oxygen atoms in total. The number of hydrogen-bond acceptors (Lipinski definition) is 5. The molecule has 5 rings (SSSR count). The minimum Gasteiger partial charge on any atom is -0.357 e. The Labute approximate surface area is 160 Å². The molecule has 6 heteroatoms. The SMILES string of the molecule is Fc1cncc(-c2ccc3sc(-c4ccc(N5CCCC5)nc4)cc3n2)c1. The number of hydrogen-bond donors (Lipinski definition) is 0. The summed E-state index contributed by atoms with van der Waals surface area (Å²) in [6.07, 6.45) is 7.26. The summed E-state index contributed by atoms with van der Waals surface area (Å²) in [5.74, 6) is 0.695. The van der Waals surface area contributed by atoms with Gasteiger partial charge in [-0.25, -0.2) is 14.4 Å². The number of anilines is 1. The van der Waals surface area contributed by atoms with Gasteiger partial charge >= 0.3 is 0 Å². The van der Waals surface area contributed by atoms with Gasteiger partial charge in [-0.3, -0.25) is 4.98 Å². The van der Waals surface area contributed by atoms with Gasteiger partial charge < -0.3 is 4.90 Å². The molecule has 0 aliphatic carbocycles. The predicted octanol–water partition coefficient (Wildman–Crippen LogP) is 5.16. The van der Waals surface area contributed by atoms with Crippen molar-refractivity contribution in [3.8, 4) is 21.7 Å². The van der Waals surface area contributed by atoms with Crippen LogP contribution < -0.4 is 4.90 Å². The molecule has 27 heavy (non-hydrogen) atoms. The number of aromatic nitrogens is 3. The van der Waals surface area contributed by atoms with E-state index in [0.717, 1.165) is 45.3 Å². The molecule has 1 aliphatic rings. The Kier molecular flexibility index (Phi) is 4.05. The van der Waals surface area contributed by atoms with Crippen molar-refractivity contribution in [2.24, 2.45) is 0 Å². The first-order valence-corrected chi connectivity index (χ1v) is 9.81. The van der Waals surface area contributed by atoms with Gasteiger partial charge in [0.2, 0.25) is 0 Å². The van der Waals surface area contributed by atoms with Crippen LogP contribution >= 0.6 is 11.3 Å². The maximum absolute atomic E-state index is 13.4. The van der Waals surface area contributed by atoms with Crippen LogP contribution in [0, 0.1) is 5.82 Å². The van der Waals surface area contributed by atoms with Crippen molar-refractivity contribution in [1.82, 2.24) is 15.0 Å². The topological polar surface area (TPSA) is 41.9 Å². The summed E-state index contributed by atoms with van der Waals surface area (Å²) >= 11 is 1.69. The zero-order valence-electron chi connectivity index (χ0n) is 14.6. The lowest BCUT2D eigenvalue weighted by atomic mass is 10.2. The number of thiophene rings is 1. The van der Waals surface area contributed by atoms with Crippen LogP contribution in [0.5, 0.6) is 0 Å². The third kappa shape index (κ3) is 3.17. The van der Waals surface area contributed by atoms with Crippen LogP contribution in [0.15, 0.2) is 55.0 Å². The second-order valence-corrected chi connectivity index (χ2v) is 7.77. The highest BCUT2D eigenvalue weighted by molar-refractivity contribution is 7.22. The van der Waals surface area contributed by atoms with Gasteiger partial charge in [-0.2, -0.15) is 0 Å². The molecule has 0 bridgehead atoms. The molecule has 0 unspecified atom stereocenters. The smallest absolute Gasteiger partial charge is 0.142 e. The fourth-order valence-corrected chi connectivity index (χ4v) is 4.44. The molecule has 4 aromatic heterocycles. The van der Waals surface area contributed by atoms with Crippen molar-refractivity contribution >= 4 is 27.4 Å². The molecular formula is C21H17FN4S. The van der Waals surface area contributed by atoms with Gasteiger partial charge in [0.25, 0.3) is 0 Å². The minimum absolute atomic E-state index is 0.357. The van der Waals surface area contributed by atoms with Gasteiger partial charge in [0.15, 0.2) is 0 Å². The number of halogens is 1. The molecule has 1 saturated heterocycles. The molecule has 0 N–H and O–H groups in total. The van der Waals surface area contributed by atoms with Crippen LogP contribution in [0.25, 0.3) is 31.9 Å². The highest BCUT2D eigenvalue weighted by atomic mass is 32.1. The second-order valence-electron chi connectivity index (χ2n) is 6.68. The maximum Gasteiger partial charge on any atom is 0.142 e. The average Bonchev–Trinajstić information content (AvgIpc) is 3.37. The number of fused-ring (bicyclic) bond motifs is 1. The van der Waals surface area contributed by atoms with E-state index in [1.807, 2.05) is 18.3 Å². The first-order chi connectivity index (χ1) is 13.3. The number of nitrogens with zero attached hydrogens (tertiary/aromatic N) is 4. The van der Waals surface area contributed by atoms with E-state index in [2.05, 4.69) is 38.1 Å². The number of rotatable bonds is 3. The van der Waals surface area contributed by atoms with Crippen molar-refractivity contribution in [3.63, 3.8) is 0 Å². The predicted molar refractivity (Wildman–Crippen MR) is 107 cm³/mol. The Morgan fingerprint density at radius 1 is 0.926 bits per heavy atom. The van der Waals surface area contributed by atoms with E-state index in [9.17, 15) is 4.39 Å². The van der Waals surface area contributed by atoms with Gasteiger partial charge in [0, 0.05) is 41.5 Å². The zero-order chi connectivity index (χ0) is 18.2. The van der Waals surface area contributed by atoms with Crippen molar-refractivity contribution in [2.45, 2.75) is 12.8 Å². The molecule has 4 aromatic rings. The fourth-order valence-electron chi connectivity index (χ4n) is 3.44. The maximum atomic E-state index is 13.4. The van der Waals surface area contributed by atoms with E-state index in [1.165, 1.54) is 25.1 Å².